The molecular weight excluding hydrogens is 897 g/mol. The summed E-state index contributed by atoms with van der Waals surface area (Å²) in [6, 6.07) is 18.3. The highest BCUT2D eigenvalue weighted by atomic mass is 14.9. The summed E-state index contributed by atoms with van der Waals surface area (Å²) in [6.45, 7) is 38.1. The van der Waals surface area contributed by atoms with Gasteiger partial charge in [-0.3, -0.25) is 0 Å². The summed E-state index contributed by atoms with van der Waals surface area (Å²) in [5.41, 5.74) is 22.0. The highest BCUT2D eigenvalue weighted by Gasteiger charge is 2.47. The van der Waals surface area contributed by atoms with Crippen LogP contribution < -0.4 is 0 Å². The Kier molecular flexibility index (Phi) is 9.19. The smallest absolute Gasteiger partial charge is 0.193 e. The molecule has 9 aromatic rings. The van der Waals surface area contributed by atoms with Gasteiger partial charge in [-0.25, -0.2) is 4.85 Å². The molecular formula is C70H78N4. The molecule has 0 radical (unpaired) electrons. The van der Waals surface area contributed by atoms with Gasteiger partial charge in [-0.2, -0.15) is 5.26 Å². The summed E-state index contributed by atoms with van der Waals surface area (Å²) in [7, 11) is 0. The van der Waals surface area contributed by atoms with E-state index in [0.717, 1.165) is 60.6 Å². The molecule has 0 amide bonds. The molecule has 4 atom stereocenters. The zero-order valence-electron chi connectivity index (χ0n) is 46.8. The van der Waals surface area contributed by atoms with Crippen LogP contribution in [0.1, 0.15) is 221 Å². The fraction of sp³-hybridized carbons (Fsp3) is 0.543. The minimum absolute atomic E-state index is 0.0691. The van der Waals surface area contributed by atoms with Gasteiger partial charge >= 0.3 is 0 Å². The Bertz CT molecular complexity index is 3740. The third-order valence-electron chi connectivity index (χ3n) is 20.3. The van der Waals surface area contributed by atoms with Gasteiger partial charge in [0, 0.05) is 48.6 Å². The predicted molar refractivity (Wildman–Crippen MR) is 310 cm³/mol. The Morgan fingerprint density at radius 2 is 0.784 bits per heavy atom. The van der Waals surface area contributed by atoms with E-state index in [1.165, 1.54) is 174 Å². The third kappa shape index (κ3) is 6.48. The van der Waals surface area contributed by atoms with E-state index in [0.29, 0.717) is 23.7 Å². The number of rotatable bonds is 4. The van der Waals surface area contributed by atoms with E-state index in [9.17, 15) is 5.26 Å². The standard InChI is InChI=1S/C70H78N4/c1-67(2,3)30-43-24-45(32-69(7,8)9)61-63-53(26-47(34-71)55-39-16-35-14-36(17-39)21-41(20-35)59(55)63)73-51-27-49-52(28-48(51)56(43)65(61)73)74-54-29-50(72-13)58-40-18-37-15-38(19-40)23-42(22-37)60(58)64(54)62-46(33-70(10,11)12)25-44(31-68(4,5)6)57(49)66(62)74/h24-29,35-42H,14-23,30-33H2,1-12H3. The van der Waals surface area contributed by atoms with Gasteiger partial charge in [0.2, 0.25) is 0 Å². The first-order valence-corrected chi connectivity index (χ1v) is 29.4. The summed E-state index contributed by atoms with van der Waals surface area (Å²) < 4.78 is 5.44. The molecule has 0 spiro atoms. The van der Waals surface area contributed by atoms with Crippen LogP contribution in [0.5, 0.6) is 0 Å². The maximum Gasteiger partial charge on any atom is 0.193 e. The molecule has 4 aromatic heterocycles. The summed E-state index contributed by atoms with van der Waals surface area (Å²) in [4.78, 5) is 4.54. The van der Waals surface area contributed by atoms with Gasteiger partial charge in [0.15, 0.2) is 5.69 Å². The molecule has 8 bridgehead atoms. The molecule has 8 aliphatic rings. The number of aromatic nitrogens is 2. The first-order valence-electron chi connectivity index (χ1n) is 29.4. The van der Waals surface area contributed by atoms with E-state index < -0.39 is 0 Å². The molecule has 4 heterocycles. The molecule has 4 fully saturated rings. The van der Waals surface area contributed by atoms with E-state index >= 15 is 0 Å². The van der Waals surface area contributed by atoms with Crippen LogP contribution in [0.3, 0.4) is 0 Å². The quantitative estimate of drug-likeness (QED) is 0.162. The Labute approximate surface area is 439 Å². The summed E-state index contributed by atoms with van der Waals surface area (Å²) in [6.07, 6.45) is 16.9. The van der Waals surface area contributed by atoms with E-state index in [-0.39, 0.29) is 21.7 Å². The Morgan fingerprint density at radius 1 is 0.432 bits per heavy atom. The van der Waals surface area contributed by atoms with E-state index in [1.807, 2.05) is 0 Å². The maximum atomic E-state index is 11.4. The molecule has 74 heavy (non-hydrogen) atoms. The molecule has 8 aliphatic carbocycles. The Balaban J connectivity index is 1.16. The second kappa shape index (κ2) is 14.8. The van der Waals surface area contributed by atoms with Crippen molar-refractivity contribution < 1.29 is 0 Å². The lowest BCUT2D eigenvalue weighted by atomic mass is 9.67. The van der Waals surface area contributed by atoms with Crippen LogP contribution in [0, 0.1) is 63.2 Å². The average Bonchev–Trinajstić information content (AvgIpc) is 3.96. The minimum atomic E-state index is 0.0691. The zero-order chi connectivity index (χ0) is 51.2. The molecule has 0 N–H and O–H groups in total. The van der Waals surface area contributed by atoms with Crippen molar-refractivity contribution in [1.82, 2.24) is 8.80 Å². The SMILES string of the molecule is [C-]#[N+]c1cc2c(c3c1C1CC4CC(C1)CC3C4)c1c(CC(C)(C)C)cc(CC(C)(C)C)c3c4cc5c(cc4n2c31)c1c(CC(C)(C)C)cc(CC(C)(C)C)c2c3c4c(c(C#N)cc3n5c12)C1CC2CC(C1)CC4C2. The number of nitriles is 1. The molecule has 4 saturated carbocycles. The van der Waals surface area contributed by atoms with Crippen LogP contribution in [0.2, 0.25) is 0 Å². The fourth-order valence-corrected chi connectivity index (χ4v) is 18.9. The predicted octanol–water partition coefficient (Wildman–Crippen LogP) is 19.5. The molecule has 5 aromatic carbocycles. The lowest BCUT2D eigenvalue weighted by Crippen LogP contribution is -2.25. The van der Waals surface area contributed by atoms with Crippen molar-refractivity contribution in [2.45, 2.75) is 197 Å². The zero-order valence-corrected chi connectivity index (χ0v) is 46.8. The summed E-state index contributed by atoms with van der Waals surface area (Å²) in [5, 5.41) is 22.8. The van der Waals surface area contributed by atoms with Crippen LogP contribution in [-0.4, -0.2) is 8.80 Å². The fourth-order valence-electron chi connectivity index (χ4n) is 18.9. The normalized spacial score (nSPS) is 25.8. The second-order valence-electron chi connectivity index (χ2n) is 31.2. The highest BCUT2D eigenvalue weighted by Crippen LogP contribution is 2.63. The van der Waals surface area contributed by atoms with Crippen molar-refractivity contribution in [2.24, 2.45) is 45.3 Å². The molecule has 0 aliphatic heterocycles. The van der Waals surface area contributed by atoms with Crippen LogP contribution in [-0.2, 0) is 25.7 Å². The number of fused-ring (bicyclic) bond motifs is 12. The van der Waals surface area contributed by atoms with Gasteiger partial charge in [-0.05, 0) is 228 Å². The van der Waals surface area contributed by atoms with Gasteiger partial charge in [0.25, 0.3) is 0 Å². The first-order chi connectivity index (χ1) is 35.0. The van der Waals surface area contributed by atoms with Crippen LogP contribution in [0.4, 0.5) is 5.69 Å². The summed E-state index contributed by atoms with van der Waals surface area (Å²) >= 11 is 0. The lowest BCUT2D eigenvalue weighted by molar-refractivity contribution is 0.166. The minimum Gasteiger partial charge on any atom is -0.309 e. The first kappa shape index (κ1) is 46.0. The van der Waals surface area contributed by atoms with E-state index in [1.54, 1.807) is 11.1 Å². The number of hydrogen-bond acceptors (Lipinski definition) is 1. The molecule has 0 saturated heterocycles. The average molecular weight is 975 g/mol. The third-order valence-corrected chi connectivity index (χ3v) is 20.3. The number of nitrogens with zero attached hydrogens (tertiary/aromatic N) is 4. The van der Waals surface area contributed by atoms with Gasteiger partial charge in [-0.15, -0.1) is 0 Å². The lowest BCUT2D eigenvalue weighted by Gasteiger charge is -2.38. The van der Waals surface area contributed by atoms with E-state index in [4.69, 9.17) is 6.57 Å². The molecule has 4 unspecified atom stereocenters. The van der Waals surface area contributed by atoms with Crippen LogP contribution >= 0.6 is 0 Å². The van der Waals surface area contributed by atoms with Gasteiger partial charge < -0.3 is 8.80 Å². The van der Waals surface area contributed by atoms with Crippen LogP contribution in [0.25, 0.3) is 81.0 Å². The van der Waals surface area contributed by atoms with Crippen molar-refractivity contribution in [3.05, 3.63) is 97.9 Å². The second-order valence-corrected chi connectivity index (χ2v) is 31.2. The van der Waals surface area contributed by atoms with Gasteiger partial charge in [0.05, 0.1) is 45.8 Å². The van der Waals surface area contributed by atoms with Crippen molar-refractivity contribution in [3.8, 4) is 6.07 Å². The van der Waals surface area contributed by atoms with Gasteiger partial charge in [-0.1, -0.05) is 95.2 Å². The van der Waals surface area contributed by atoms with Crippen molar-refractivity contribution in [3.63, 3.8) is 0 Å². The number of hydrogen-bond donors (Lipinski definition) is 0. The Morgan fingerprint density at radius 3 is 1.16 bits per heavy atom. The highest BCUT2D eigenvalue weighted by molar-refractivity contribution is 6.31. The molecule has 17 rings (SSSR count). The molecule has 378 valence electrons. The van der Waals surface area contributed by atoms with Crippen molar-refractivity contribution in [1.29, 1.82) is 5.26 Å². The topological polar surface area (TPSA) is 37.0 Å². The maximum absolute atomic E-state index is 11.4. The largest absolute Gasteiger partial charge is 0.309 e. The van der Waals surface area contributed by atoms with Crippen molar-refractivity contribution >= 4 is 81.9 Å². The summed E-state index contributed by atoms with van der Waals surface area (Å²) in [5.74, 6) is 5.10. The molecule has 4 nitrogen and oxygen atoms in total. The molecule has 4 heteroatoms. The van der Waals surface area contributed by atoms with E-state index in [2.05, 4.69) is 139 Å². The van der Waals surface area contributed by atoms with Crippen molar-refractivity contribution in [2.75, 3.05) is 0 Å². The number of benzene rings is 5. The monoisotopic (exact) mass is 975 g/mol. The van der Waals surface area contributed by atoms with Gasteiger partial charge in [0.1, 0.15) is 0 Å². The Hall–Kier alpha value is -5.32. The van der Waals surface area contributed by atoms with Crippen LogP contribution in [0.15, 0.2) is 36.4 Å².